The second-order valence-corrected chi connectivity index (χ2v) is 4.29. The predicted octanol–water partition coefficient (Wildman–Crippen LogP) is -0.319. The van der Waals surface area contributed by atoms with Crippen molar-refractivity contribution in [3.63, 3.8) is 0 Å². The Kier molecular flexibility index (Phi) is 1.85. The molecule has 1 aliphatic carbocycles. The molecule has 0 aromatic heterocycles. The van der Waals surface area contributed by atoms with Gasteiger partial charge in [0.2, 0.25) is 0 Å². The Hall–Kier alpha value is -0.610. The van der Waals surface area contributed by atoms with Gasteiger partial charge >= 0.3 is 5.97 Å². The Morgan fingerprint density at radius 1 is 1.46 bits per heavy atom. The Labute approximate surface area is 76.5 Å². The topological polar surface area (TPSA) is 66.8 Å². The molecule has 4 heteroatoms. The molecule has 0 aromatic rings. The minimum Gasteiger partial charge on any atom is -0.465 e. The van der Waals surface area contributed by atoms with Crippen LogP contribution in [-0.4, -0.2) is 35.0 Å². The molecule has 0 bridgehead atoms. The number of cyclic esters (lactones) is 1. The first-order chi connectivity index (χ1) is 6.04. The summed E-state index contributed by atoms with van der Waals surface area (Å²) in [5.41, 5.74) is -0.571. The molecular weight excluding hydrogens is 172 g/mol. The monoisotopic (exact) mass is 186 g/mol. The number of fused-ring (bicyclic) bond motifs is 1. The first-order valence-corrected chi connectivity index (χ1v) is 4.57. The lowest BCUT2D eigenvalue weighted by Gasteiger charge is -2.37. The fourth-order valence-corrected chi connectivity index (χ4v) is 2.29. The van der Waals surface area contributed by atoms with Gasteiger partial charge in [-0.25, -0.2) is 0 Å². The van der Waals surface area contributed by atoms with E-state index in [1.807, 2.05) is 6.92 Å². The molecule has 1 heterocycles. The normalized spacial score (nSPS) is 50.1. The summed E-state index contributed by atoms with van der Waals surface area (Å²) in [6, 6.07) is 0. The summed E-state index contributed by atoms with van der Waals surface area (Å²) in [5.74, 6) is -0.165. The van der Waals surface area contributed by atoms with E-state index >= 15 is 0 Å². The van der Waals surface area contributed by atoms with Gasteiger partial charge in [0.15, 0.2) is 0 Å². The molecule has 0 radical (unpaired) electrons. The summed E-state index contributed by atoms with van der Waals surface area (Å²) in [6.07, 6.45) is -0.708. The van der Waals surface area contributed by atoms with Crippen molar-refractivity contribution in [3.8, 4) is 0 Å². The molecule has 0 spiro atoms. The van der Waals surface area contributed by atoms with E-state index in [1.165, 1.54) is 0 Å². The summed E-state index contributed by atoms with van der Waals surface area (Å²) in [6.45, 7) is 2.20. The smallest absolute Gasteiger partial charge is 0.312 e. The molecule has 4 nitrogen and oxygen atoms in total. The lowest BCUT2D eigenvalue weighted by molar-refractivity contribution is -0.150. The van der Waals surface area contributed by atoms with Crippen LogP contribution >= 0.6 is 0 Å². The zero-order valence-corrected chi connectivity index (χ0v) is 7.56. The second-order valence-electron chi connectivity index (χ2n) is 4.29. The van der Waals surface area contributed by atoms with Crippen molar-refractivity contribution in [2.75, 3.05) is 6.61 Å². The zero-order chi connectivity index (χ0) is 9.64. The quantitative estimate of drug-likeness (QED) is 0.509. The van der Waals surface area contributed by atoms with Crippen LogP contribution in [0, 0.1) is 11.3 Å². The number of carbonyl (C=O) groups is 1. The fraction of sp³-hybridized carbons (Fsp3) is 0.889. The van der Waals surface area contributed by atoms with Gasteiger partial charge < -0.3 is 14.9 Å². The van der Waals surface area contributed by atoms with E-state index in [4.69, 9.17) is 4.74 Å². The molecular formula is C9H14O4. The van der Waals surface area contributed by atoms with Gasteiger partial charge in [-0.1, -0.05) is 0 Å². The second kappa shape index (κ2) is 2.69. The maximum atomic E-state index is 11.4. The lowest BCUT2D eigenvalue weighted by atomic mass is 9.67. The molecule has 2 rings (SSSR count). The number of aliphatic hydroxyl groups excluding tert-OH is 2. The van der Waals surface area contributed by atoms with E-state index in [0.29, 0.717) is 19.4 Å². The van der Waals surface area contributed by atoms with Crippen LogP contribution in [0.5, 0.6) is 0 Å². The van der Waals surface area contributed by atoms with Crippen LogP contribution in [0.1, 0.15) is 19.8 Å². The van der Waals surface area contributed by atoms with Gasteiger partial charge in [0.1, 0.15) is 0 Å². The van der Waals surface area contributed by atoms with Gasteiger partial charge in [0.05, 0.1) is 24.2 Å². The average Bonchev–Trinajstić information content (AvgIpc) is 2.32. The molecule has 0 amide bonds. The lowest BCUT2D eigenvalue weighted by Crippen LogP contribution is -2.45. The molecule has 4 atom stereocenters. The third-order valence-electron chi connectivity index (χ3n) is 3.39. The van der Waals surface area contributed by atoms with Crippen molar-refractivity contribution in [1.29, 1.82) is 0 Å². The van der Waals surface area contributed by atoms with E-state index in [2.05, 4.69) is 0 Å². The highest BCUT2D eigenvalue weighted by Crippen LogP contribution is 2.46. The van der Waals surface area contributed by atoms with E-state index in [-0.39, 0.29) is 11.9 Å². The number of rotatable bonds is 0. The number of carbonyl (C=O) groups excluding carboxylic acids is 1. The minimum atomic E-state index is -0.785. The summed E-state index contributed by atoms with van der Waals surface area (Å²) in [4.78, 5) is 11.4. The largest absolute Gasteiger partial charge is 0.465 e. The molecule has 2 fully saturated rings. The van der Waals surface area contributed by atoms with Crippen LogP contribution in [0.2, 0.25) is 0 Å². The number of hydrogen-bond acceptors (Lipinski definition) is 4. The van der Waals surface area contributed by atoms with Crippen LogP contribution in [0.3, 0.4) is 0 Å². The number of esters is 1. The third-order valence-corrected chi connectivity index (χ3v) is 3.39. The SMILES string of the molecule is C[C@]12C[C@H](O)[C@@H](O)C[C@H]1COC2=O. The maximum absolute atomic E-state index is 11.4. The van der Waals surface area contributed by atoms with Crippen molar-refractivity contribution in [2.45, 2.75) is 32.0 Å². The Bertz CT molecular complexity index is 240. The van der Waals surface area contributed by atoms with Gasteiger partial charge in [-0.05, 0) is 19.8 Å². The highest BCUT2D eigenvalue weighted by Gasteiger charge is 2.53. The molecule has 13 heavy (non-hydrogen) atoms. The molecule has 1 saturated heterocycles. The first kappa shape index (κ1) is 8.97. The summed E-state index contributed by atoms with van der Waals surface area (Å²) in [7, 11) is 0. The molecule has 0 unspecified atom stereocenters. The maximum Gasteiger partial charge on any atom is 0.312 e. The predicted molar refractivity (Wildman–Crippen MR) is 43.8 cm³/mol. The highest BCUT2D eigenvalue weighted by atomic mass is 16.5. The van der Waals surface area contributed by atoms with E-state index in [9.17, 15) is 15.0 Å². The van der Waals surface area contributed by atoms with Gasteiger partial charge in [0.25, 0.3) is 0 Å². The molecule has 1 aliphatic heterocycles. The van der Waals surface area contributed by atoms with E-state index < -0.39 is 17.6 Å². The van der Waals surface area contributed by atoms with Gasteiger partial charge in [-0.15, -0.1) is 0 Å². The first-order valence-electron chi connectivity index (χ1n) is 4.57. The Morgan fingerprint density at radius 3 is 2.85 bits per heavy atom. The number of ether oxygens (including phenoxy) is 1. The number of aliphatic hydroxyl groups is 2. The zero-order valence-electron chi connectivity index (χ0n) is 7.56. The van der Waals surface area contributed by atoms with Crippen LogP contribution in [0.25, 0.3) is 0 Å². The molecule has 74 valence electrons. The molecule has 1 saturated carbocycles. The van der Waals surface area contributed by atoms with Gasteiger partial charge in [-0.2, -0.15) is 0 Å². The van der Waals surface area contributed by atoms with Crippen LogP contribution < -0.4 is 0 Å². The third kappa shape index (κ3) is 1.16. The Morgan fingerprint density at radius 2 is 2.15 bits per heavy atom. The van der Waals surface area contributed by atoms with E-state index in [0.717, 1.165) is 0 Å². The van der Waals surface area contributed by atoms with Crippen molar-refractivity contribution in [3.05, 3.63) is 0 Å². The molecule has 2 N–H and O–H groups in total. The average molecular weight is 186 g/mol. The number of hydrogen-bond donors (Lipinski definition) is 2. The van der Waals surface area contributed by atoms with Crippen molar-refractivity contribution in [2.24, 2.45) is 11.3 Å². The Balaban J connectivity index is 2.22. The van der Waals surface area contributed by atoms with Crippen LogP contribution in [0.4, 0.5) is 0 Å². The van der Waals surface area contributed by atoms with Crippen molar-refractivity contribution < 1.29 is 19.7 Å². The van der Waals surface area contributed by atoms with Gasteiger partial charge in [-0.3, -0.25) is 4.79 Å². The van der Waals surface area contributed by atoms with Gasteiger partial charge in [0, 0.05) is 5.92 Å². The van der Waals surface area contributed by atoms with Crippen molar-refractivity contribution >= 4 is 5.97 Å². The standard InChI is InChI=1S/C9H14O4/c1-9-3-7(11)6(10)2-5(9)4-13-8(9)12/h5-7,10-11H,2-4H2,1H3/t5-,6-,7-,9-/m0/s1. The minimum absolute atomic E-state index is 0.0680. The summed E-state index contributed by atoms with van der Waals surface area (Å²) >= 11 is 0. The van der Waals surface area contributed by atoms with E-state index in [1.54, 1.807) is 0 Å². The molecule has 2 aliphatic rings. The van der Waals surface area contributed by atoms with Crippen LogP contribution in [-0.2, 0) is 9.53 Å². The summed E-state index contributed by atoms with van der Waals surface area (Å²) < 4.78 is 4.94. The summed E-state index contributed by atoms with van der Waals surface area (Å²) in [5, 5.41) is 18.9. The van der Waals surface area contributed by atoms with Crippen LogP contribution in [0.15, 0.2) is 0 Å². The van der Waals surface area contributed by atoms with Crippen molar-refractivity contribution in [1.82, 2.24) is 0 Å². The highest BCUT2D eigenvalue weighted by molar-refractivity contribution is 5.79. The molecule has 0 aromatic carbocycles. The fourth-order valence-electron chi connectivity index (χ4n) is 2.29.